The van der Waals surface area contributed by atoms with E-state index in [1.165, 1.54) is 0 Å². The van der Waals surface area contributed by atoms with Crippen LogP contribution in [0.2, 0.25) is 0 Å². The Kier molecular flexibility index (Phi) is 3.14. The summed E-state index contributed by atoms with van der Waals surface area (Å²) in [5.41, 5.74) is 0.694. The van der Waals surface area contributed by atoms with E-state index in [4.69, 9.17) is 13.9 Å². The molecular weight excluding hydrogens is 284 g/mol. The van der Waals surface area contributed by atoms with Gasteiger partial charge >= 0.3 is 6.03 Å². The minimum atomic E-state index is -0.127. The highest BCUT2D eigenvalue weighted by Gasteiger charge is 2.32. The Hall–Kier alpha value is -2.63. The number of anilines is 1. The Balaban J connectivity index is 1.49. The SMILES string of the molecule is O=C(Nc1ccc2c(c1)OCO2)N1CCC[C@@H]1c1ccco1. The van der Waals surface area contributed by atoms with Crippen molar-refractivity contribution in [2.45, 2.75) is 18.9 Å². The molecule has 4 rings (SSSR count). The van der Waals surface area contributed by atoms with Crippen molar-refractivity contribution in [2.75, 3.05) is 18.7 Å². The van der Waals surface area contributed by atoms with Gasteiger partial charge in [0.1, 0.15) is 5.76 Å². The zero-order valence-electron chi connectivity index (χ0n) is 12.0. The van der Waals surface area contributed by atoms with E-state index in [2.05, 4.69) is 5.32 Å². The van der Waals surface area contributed by atoms with Gasteiger partial charge < -0.3 is 24.1 Å². The number of benzene rings is 1. The van der Waals surface area contributed by atoms with E-state index in [1.54, 1.807) is 18.4 Å². The summed E-state index contributed by atoms with van der Waals surface area (Å²) in [5.74, 6) is 2.19. The van der Waals surface area contributed by atoms with E-state index in [-0.39, 0.29) is 18.9 Å². The summed E-state index contributed by atoms with van der Waals surface area (Å²) in [7, 11) is 0. The van der Waals surface area contributed by atoms with Gasteiger partial charge in [0.05, 0.1) is 12.3 Å². The molecule has 6 heteroatoms. The largest absolute Gasteiger partial charge is 0.467 e. The molecule has 6 nitrogen and oxygen atoms in total. The predicted molar refractivity (Wildman–Crippen MR) is 79.0 cm³/mol. The minimum absolute atomic E-state index is 0.00371. The summed E-state index contributed by atoms with van der Waals surface area (Å²) in [6, 6.07) is 9.02. The lowest BCUT2D eigenvalue weighted by molar-refractivity contribution is 0.174. The monoisotopic (exact) mass is 300 g/mol. The number of furan rings is 1. The zero-order valence-corrected chi connectivity index (χ0v) is 12.0. The van der Waals surface area contributed by atoms with Crippen LogP contribution in [0.5, 0.6) is 11.5 Å². The third-order valence-corrected chi connectivity index (χ3v) is 4.01. The molecule has 2 amide bonds. The second kappa shape index (κ2) is 5.29. The number of urea groups is 1. The second-order valence-corrected chi connectivity index (χ2v) is 5.37. The molecular formula is C16H16N2O4. The molecule has 0 saturated carbocycles. The molecule has 3 heterocycles. The topological polar surface area (TPSA) is 63.9 Å². The molecule has 1 N–H and O–H groups in total. The third-order valence-electron chi connectivity index (χ3n) is 4.01. The van der Waals surface area contributed by atoms with Crippen LogP contribution in [0.4, 0.5) is 10.5 Å². The van der Waals surface area contributed by atoms with Gasteiger partial charge in [0.25, 0.3) is 0 Å². The second-order valence-electron chi connectivity index (χ2n) is 5.37. The van der Waals surface area contributed by atoms with Crippen LogP contribution in [-0.4, -0.2) is 24.3 Å². The number of likely N-dealkylation sites (tertiary alicyclic amines) is 1. The smallest absolute Gasteiger partial charge is 0.322 e. The number of ether oxygens (including phenoxy) is 2. The fourth-order valence-corrected chi connectivity index (χ4v) is 2.96. The van der Waals surface area contributed by atoms with Crippen LogP contribution in [-0.2, 0) is 0 Å². The predicted octanol–water partition coefficient (Wildman–Crippen LogP) is 3.38. The van der Waals surface area contributed by atoms with E-state index in [0.29, 0.717) is 17.2 Å². The lowest BCUT2D eigenvalue weighted by Crippen LogP contribution is -2.34. The molecule has 2 aromatic rings. The molecule has 0 unspecified atom stereocenters. The average molecular weight is 300 g/mol. The van der Waals surface area contributed by atoms with Crippen LogP contribution in [0.1, 0.15) is 24.6 Å². The Bertz CT molecular complexity index is 683. The van der Waals surface area contributed by atoms with E-state index >= 15 is 0 Å². The zero-order chi connectivity index (χ0) is 14.9. The molecule has 1 aromatic carbocycles. The Morgan fingerprint density at radius 3 is 3.00 bits per heavy atom. The molecule has 1 saturated heterocycles. The van der Waals surface area contributed by atoms with Crippen LogP contribution in [0.25, 0.3) is 0 Å². The summed E-state index contributed by atoms with van der Waals surface area (Å²) in [6.07, 6.45) is 3.53. The van der Waals surface area contributed by atoms with Gasteiger partial charge in [-0.2, -0.15) is 0 Å². The van der Waals surface area contributed by atoms with Gasteiger partial charge in [-0.15, -0.1) is 0 Å². The normalized spacial score (nSPS) is 19.5. The molecule has 1 aromatic heterocycles. The van der Waals surface area contributed by atoms with Crippen LogP contribution >= 0.6 is 0 Å². The number of hydrogen-bond donors (Lipinski definition) is 1. The first-order valence-corrected chi connectivity index (χ1v) is 7.32. The number of carbonyl (C=O) groups excluding carboxylic acids is 1. The molecule has 114 valence electrons. The quantitative estimate of drug-likeness (QED) is 0.923. The van der Waals surface area contributed by atoms with Crippen LogP contribution in [0.15, 0.2) is 41.0 Å². The first-order valence-electron chi connectivity index (χ1n) is 7.32. The number of nitrogens with zero attached hydrogens (tertiary/aromatic N) is 1. The maximum absolute atomic E-state index is 12.5. The van der Waals surface area contributed by atoms with Crippen molar-refractivity contribution in [3.63, 3.8) is 0 Å². The minimum Gasteiger partial charge on any atom is -0.467 e. The number of nitrogens with one attached hydrogen (secondary N) is 1. The van der Waals surface area contributed by atoms with E-state index < -0.39 is 0 Å². The van der Waals surface area contributed by atoms with Gasteiger partial charge in [-0.05, 0) is 37.1 Å². The Labute approximate surface area is 127 Å². The first-order chi connectivity index (χ1) is 10.8. The summed E-state index contributed by atoms with van der Waals surface area (Å²) in [4.78, 5) is 14.3. The number of hydrogen-bond acceptors (Lipinski definition) is 4. The van der Waals surface area contributed by atoms with Crippen LogP contribution < -0.4 is 14.8 Å². The molecule has 0 radical (unpaired) electrons. The molecule has 0 spiro atoms. The van der Waals surface area contributed by atoms with Crippen molar-refractivity contribution in [1.29, 1.82) is 0 Å². The van der Waals surface area contributed by atoms with Gasteiger partial charge in [0, 0.05) is 18.3 Å². The molecule has 2 aliphatic heterocycles. The lowest BCUT2D eigenvalue weighted by Gasteiger charge is -2.23. The molecule has 0 aliphatic carbocycles. The standard InChI is InChI=1S/C16H16N2O4/c19-16(17-11-5-6-14-15(9-11)22-10-21-14)18-7-1-3-12(18)13-4-2-8-20-13/h2,4-6,8-9,12H,1,3,7,10H2,(H,17,19)/t12-/m1/s1. The van der Waals surface area contributed by atoms with Gasteiger partial charge in [0.15, 0.2) is 11.5 Å². The molecule has 22 heavy (non-hydrogen) atoms. The van der Waals surface area contributed by atoms with Gasteiger partial charge in [-0.1, -0.05) is 0 Å². The lowest BCUT2D eigenvalue weighted by atomic mass is 10.2. The molecule has 1 atom stereocenters. The number of rotatable bonds is 2. The fourth-order valence-electron chi connectivity index (χ4n) is 2.96. The van der Waals surface area contributed by atoms with Crippen molar-refractivity contribution >= 4 is 11.7 Å². The van der Waals surface area contributed by atoms with Crippen molar-refractivity contribution in [2.24, 2.45) is 0 Å². The van der Waals surface area contributed by atoms with E-state index in [1.807, 2.05) is 23.1 Å². The van der Waals surface area contributed by atoms with Crippen molar-refractivity contribution in [3.05, 3.63) is 42.4 Å². The van der Waals surface area contributed by atoms with E-state index in [9.17, 15) is 4.79 Å². The highest BCUT2D eigenvalue weighted by atomic mass is 16.7. The van der Waals surface area contributed by atoms with Crippen molar-refractivity contribution < 1.29 is 18.7 Å². The van der Waals surface area contributed by atoms with Crippen LogP contribution in [0.3, 0.4) is 0 Å². The Morgan fingerprint density at radius 2 is 2.14 bits per heavy atom. The summed E-state index contributed by atoms with van der Waals surface area (Å²) in [5, 5.41) is 2.92. The number of carbonyl (C=O) groups is 1. The summed E-state index contributed by atoms with van der Waals surface area (Å²) in [6.45, 7) is 0.946. The molecule has 2 aliphatic rings. The molecule has 1 fully saturated rings. The summed E-state index contributed by atoms with van der Waals surface area (Å²) >= 11 is 0. The number of amides is 2. The van der Waals surface area contributed by atoms with Crippen LogP contribution in [0, 0.1) is 0 Å². The first kappa shape index (κ1) is 13.1. The highest BCUT2D eigenvalue weighted by molar-refractivity contribution is 5.90. The van der Waals surface area contributed by atoms with E-state index in [0.717, 1.165) is 25.1 Å². The summed E-state index contributed by atoms with van der Waals surface area (Å²) < 4.78 is 16.0. The average Bonchev–Trinajstić information content (AvgIpc) is 3.26. The maximum Gasteiger partial charge on any atom is 0.322 e. The third kappa shape index (κ3) is 2.26. The Morgan fingerprint density at radius 1 is 1.23 bits per heavy atom. The fraction of sp³-hybridized carbons (Fsp3) is 0.312. The van der Waals surface area contributed by atoms with Gasteiger partial charge in [-0.25, -0.2) is 4.79 Å². The van der Waals surface area contributed by atoms with Gasteiger partial charge in [-0.3, -0.25) is 0 Å². The van der Waals surface area contributed by atoms with Gasteiger partial charge in [0.2, 0.25) is 6.79 Å². The highest BCUT2D eigenvalue weighted by Crippen LogP contribution is 2.35. The van der Waals surface area contributed by atoms with Crippen molar-refractivity contribution in [3.8, 4) is 11.5 Å². The molecule has 0 bridgehead atoms. The maximum atomic E-state index is 12.5. The number of fused-ring (bicyclic) bond motifs is 1. The van der Waals surface area contributed by atoms with Crippen molar-refractivity contribution in [1.82, 2.24) is 4.90 Å².